The monoisotopic (exact) mass is 266 g/mol. The number of nitrogens with zero attached hydrogens (tertiary/aromatic N) is 1. The van der Waals surface area contributed by atoms with Crippen LogP contribution in [0.3, 0.4) is 0 Å². The Hall–Kier alpha value is -1.08. The first-order chi connectivity index (χ1) is 8.43. The second kappa shape index (κ2) is 6.75. The van der Waals surface area contributed by atoms with Crippen LogP contribution in [0.4, 0.5) is 13.2 Å². The molecule has 0 aliphatic carbocycles. The van der Waals surface area contributed by atoms with Gasteiger partial charge in [0.25, 0.3) is 0 Å². The van der Waals surface area contributed by atoms with E-state index in [0.29, 0.717) is 18.0 Å². The van der Waals surface area contributed by atoms with E-state index in [9.17, 15) is 13.2 Å². The van der Waals surface area contributed by atoms with Crippen LogP contribution >= 0.6 is 0 Å². The van der Waals surface area contributed by atoms with Gasteiger partial charge in [0, 0.05) is 12.6 Å². The summed E-state index contributed by atoms with van der Waals surface area (Å²) >= 11 is 0. The minimum Gasteiger partial charge on any atom is -0.361 e. The molecule has 1 atom stereocenters. The van der Waals surface area contributed by atoms with Gasteiger partial charge >= 0.3 is 6.18 Å². The van der Waals surface area contributed by atoms with Crippen LogP contribution in [0, 0.1) is 0 Å². The third-order valence-electron chi connectivity index (χ3n) is 2.28. The third-order valence-corrected chi connectivity index (χ3v) is 2.28. The van der Waals surface area contributed by atoms with Gasteiger partial charge in [-0.3, -0.25) is 0 Å². The van der Waals surface area contributed by atoms with Crippen LogP contribution in [0.15, 0.2) is 10.6 Å². The first-order valence-electron chi connectivity index (χ1n) is 5.77. The van der Waals surface area contributed by atoms with Gasteiger partial charge in [0.05, 0.1) is 5.69 Å². The summed E-state index contributed by atoms with van der Waals surface area (Å²) in [6.45, 7) is 4.14. The summed E-state index contributed by atoms with van der Waals surface area (Å²) in [5, 5.41) is 6.84. The highest BCUT2D eigenvalue weighted by molar-refractivity contribution is 5.04. The highest BCUT2D eigenvalue weighted by atomic mass is 19.4. The van der Waals surface area contributed by atoms with Gasteiger partial charge in [-0.25, -0.2) is 0 Å². The molecule has 18 heavy (non-hydrogen) atoms. The molecule has 0 aliphatic rings. The van der Waals surface area contributed by atoms with Gasteiger partial charge in [0.2, 0.25) is 0 Å². The minimum absolute atomic E-state index is 0.235. The molecule has 1 heterocycles. The van der Waals surface area contributed by atoms with Gasteiger partial charge in [-0.05, 0) is 19.9 Å². The zero-order valence-corrected chi connectivity index (χ0v) is 10.4. The van der Waals surface area contributed by atoms with Crippen molar-refractivity contribution in [2.75, 3.05) is 6.54 Å². The number of nitrogens with one attached hydrogen (secondary N) is 1. The molecule has 4 nitrogen and oxygen atoms in total. The molecule has 0 saturated heterocycles. The number of halogens is 3. The summed E-state index contributed by atoms with van der Waals surface area (Å²) in [7, 11) is 0. The molecular formula is C11H17F3N2O2. The lowest BCUT2D eigenvalue weighted by molar-refractivity contribution is -0.218. The Morgan fingerprint density at radius 1 is 1.50 bits per heavy atom. The molecule has 1 aromatic heterocycles. The molecule has 7 heteroatoms. The minimum atomic E-state index is -4.36. The standard InChI is InChI=1S/C11H17F3N2O2/c1-3-4-15-6-9-5-10(18-16-9)7-17-8(2)11(12,13)14/h5,8,15H,3-4,6-7H2,1-2H3. The summed E-state index contributed by atoms with van der Waals surface area (Å²) in [6, 6.07) is 1.59. The van der Waals surface area contributed by atoms with Crippen LogP contribution in [-0.4, -0.2) is 24.0 Å². The average Bonchev–Trinajstić information content (AvgIpc) is 2.73. The van der Waals surface area contributed by atoms with Crippen molar-refractivity contribution < 1.29 is 22.4 Å². The van der Waals surface area contributed by atoms with Crippen molar-refractivity contribution in [2.45, 2.75) is 45.7 Å². The Morgan fingerprint density at radius 3 is 2.83 bits per heavy atom. The second-order valence-electron chi connectivity index (χ2n) is 3.96. The zero-order valence-electron chi connectivity index (χ0n) is 10.4. The SMILES string of the molecule is CCCNCc1cc(COC(C)C(F)(F)F)on1. The Balaban J connectivity index is 2.35. The lowest BCUT2D eigenvalue weighted by Gasteiger charge is -2.14. The molecular weight excluding hydrogens is 249 g/mol. The number of hydrogen-bond acceptors (Lipinski definition) is 4. The largest absolute Gasteiger partial charge is 0.414 e. The van der Waals surface area contributed by atoms with E-state index in [1.807, 2.05) is 6.92 Å². The molecule has 0 fully saturated rings. The third kappa shape index (κ3) is 5.05. The first kappa shape index (κ1) is 15.0. The summed E-state index contributed by atoms with van der Waals surface area (Å²) < 4.78 is 46.1. The van der Waals surface area contributed by atoms with E-state index in [4.69, 9.17) is 4.52 Å². The molecule has 0 bridgehead atoms. The molecule has 1 unspecified atom stereocenters. The van der Waals surface area contributed by atoms with Gasteiger partial charge in [0.1, 0.15) is 6.61 Å². The molecule has 0 aromatic carbocycles. The summed E-state index contributed by atoms with van der Waals surface area (Å²) in [4.78, 5) is 0. The number of hydrogen-bond donors (Lipinski definition) is 1. The van der Waals surface area contributed by atoms with Crippen LogP contribution in [0.1, 0.15) is 31.7 Å². The topological polar surface area (TPSA) is 47.3 Å². The predicted molar refractivity (Wildman–Crippen MR) is 58.8 cm³/mol. The first-order valence-corrected chi connectivity index (χ1v) is 5.77. The Bertz CT molecular complexity index is 352. The van der Waals surface area contributed by atoms with E-state index < -0.39 is 12.3 Å². The number of aromatic nitrogens is 1. The Labute approximate surface area is 103 Å². The van der Waals surface area contributed by atoms with E-state index in [1.54, 1.807) is 6.07 Å². The van der Waals surface area contributed by atoms with Crippen molar-refractivity contribution in [3.63, 3.8) is 0 Å². The molecule has 1 N–H and O–H groups in total. The van der Waals surface area contributed by atoms with Gasteiger partial charge in [-0.1, -0.05) is 12.1 Å². The van der Waals surface area contributed by atoms with Crippen LogP contribution in [0.2, 0.25) is 0 Å². The number of rotatable bonds is 7. The fraction of sp³-hybridized carbons (Fsp3) is 0.727. The normalized spacial score (nSPS) is 13.8. The van der Waals surface area contributed by atoms with Crippen molar-refractivity contribution in [3.8, 4) is 0 Å². The maximum atomic E-state index is 12.2. The fourth-order valence-electron chi connectivity index (χ4n) is 1.20. The smallest absolute Gasteiger partial charge is 0.361 e. The molecule has 104 valence electrons. The van der Waals surface area contributed by atoms with Gasteiger partial charge in [-0.2, -0.15) is 13.2 Å². The lowest BCUT2D eigenvalue weighted by Crippen LogP contribution is -2.28. The zero-order chi connectivity index (χ0) is 13.6. The van der Waals surface area contributed by atoms with Crippen molar-refractivity contribution in [2.24, 2.45) is 0 Å². The molecule has 0 saturated carbocycles. The summed E-state index contributed by atoms with van der Waals surface area (Å²) in [6.07, 6.45) is -5.17. The van der Waals surface area contributed by atoms with E-state index in [2.05, 4.69) is 15.2 Å². The maximum absolute atomic E-state index is 12.2. The summed E-state index contributed by atoms with van der Waals surface area (Å²) in [5.74, 6) is 0.291. The molecule has 0 amide bonds. The quantitative estimate of drug-likeness (QED) is 0.771. The van der Waals surface area contributed by atoms with E-state index in [1.165, 1.54) is 0 Å². The van der Waals surface area contributed by atoms with Crippen LogP contribution in [-0.2, 0) is 17.9 Å². The van der Waals surface area contributed by atoms with Crippen LogP contribution in [0.5, 0.6) is 0 Å². The fourth-order valence-corrected chi connectivity index (χ4v) is 1.20. The highest BCUT2D eigenvalue weighted by Crippen LogP contribution is 2.23. The van der Waals surface area contributed by atoms with Gasteiger partial charge in [-0.15, -0.1) is 0 Å². The van der Waals surface area contributed by atoms with E-state index in [-0.39, 0.29) is 6.61 Å². The molecule has 1 rings (SSSR count). The Kier molecular flexibility index (Phi) is 5.61. The van der Waals surface area contributed by atoms with E-state index in [0.717, 1.165) is 19.9 Å². The number of alkyl halides is 3. The highest BCUT2D eigenvalue weighted by Gasteiger charge is 2.37. The lowest BCUT2D eigenvalue weighted by atomic mass is 10.3. The summed E-state index contributed by atoms with van der Waals surface area (Å²) in [5.41, 5.74) is 0.654. The molecule has 0 spiro atoms. The maximum Gasteiger partial charge on any atom is 0.414 e. The number of ether oxygens (including phenoxy) is 1. The van der Waals surface area contributed by atoms with Gasteiger partial charge in [0.15, 0.2) is 11.9 Å². The molecule has 1 aromatic rings. The molecule has 0 radical (unpaired) electrons. The van der Waals surface area contributed by atoms with Crippen molar-refractivity contribution in [1.29, 1.82) is 0 Å². The van der Waals surface area contributed by atoms with Crippen LogP contribution < -0.4 is 5.32 Å². The van der Waals surface area contributed by atoms with E-state index >= 15 is 0 Å². The molecule has 0 aliphatic heterocycles. The Morgan fingerprint density at radius 2 is 2.22 bits per heavy atom. The van der Waals surface area contributed by atoms with Gasteiger partial charge < -0.3 is 14.6 Å². The van der Waals surface area contributed by atoms with Crippen molar-refractivity contribution >= 4 is 0 Å². The van der Waals surface area contributed by atoms with Crippen LogP contribution in [0.25, 0.3) is 0 Å². The van der Waals surface area contributed by atoms with Crippen molar-refractivity contribution in [3.05, 3.63) is 17.5 Å². The predicted octanol–water partition coefficient (Wildman–Crippen LogP) is 2.64. The van der Waals surface area contributed by atoms with Crippen molar-refractivity contribution in [1.82, 2.24) is 10.5 Å². The average molecular weight is 266 g/mol. The second-order valence-corrected chi connectivity index (χ2v) is 3.96.